The molecule has 0 N–H and O–H groups in total. The molecule has 0 spiro atoms. The highest BCUT2D eigenvalue weighted by Crippen LogP contribution is 2.47. The molecule has 12 rings (SSSR count). The van der Waals surface area contributed by atoms with E-state index in [2.05, 4.69) is 131 Å². The Bertz CT molecular complexity index is 3900. The molecule has 24 heteroatoms. The Kier molecular flexibility index (Phi) is 18.2. The maximum atomic E-state index is 13.7. The van der Waals surface area contributed by atoms with Gasteiger partial charge in [-0.05, 0) is 196 Å². The van der Waals surface area contributed by atoms with Gasteiger partial charge >= 0.3 is 0 Å². The fraction of sp³-hybridized carbons (Fsp3) is 0.158. The number of nitrogens with zero attached hydrogens (tertiary/aromatic N) is 9. The highest BCUT2D eigenvalue weighted by molar-refractivity contribution is 14.1. The number of hydrogen-bond acceptors (Lipinski definition) is 6. The molecule has 9 aromatic rings. The summed E-state index contributed by atoms with van der Waals surface area (Å²) in [6, 6.07) is 39.3. The second-order valence-corrected chi connectivity index (χ2v) is 28.2. The molecular formula is C57H39Br3Cl6I3N9O3. The van der Waals surface area contributed by atoms with Crippen molar-refractivity contribution in [3.8, 4) is 0 Å². The number of amides is 3. The van der Waals surface area contributed by atoms with Gasteiger partial charge in [0.05, 0.1) is 23.3 Å². The summed E-state index contributed by atoms with van der Waals surface area (Å²) in [5.74, 6) is 1.52. The van der Waals surface area contributed by atoms with Crippen molar-refractivity contribution in [2.75, 3.05) is 14.7 Å². The van der Waals surface area contributed by atoms with E-state index in [4.69, 9.17) is 69.6 Å². The van der Waals surface area contributed by atoms with E-state index in [9.17, 15) is 14.4 Å². The number of halogens is 12. The van der Waals surface area contributed by atoms with Crippen molar-refractivity contribution in [3.63, 3.8) is 0 Å². The van der Waals surface area contributed by atoms with Crippen LogP contribution in [0.2, 0.25) is 30.1 Å². The smallest absolute Gasteiger partial charge is 0.260 e. The molecule has 3 aliphatic rings. The first-order valence-electron chi connectivity index (χ1n) is 24.3. The van der Waals surface area contributed by atoms with Gasteiger partial charge in [0, 0.05) is 75.2 Å². The first-order valence-corrected chi connectivity index (χ1v) is 32.1. The molecule has 0 aliphatic carbocycles. The zero-order valence-corrected chi connectivity index (χ0v) is 58.0. The fourth-order valence-electron chi connectivity index (χ4n) is 10.2. The van der Waals surface area contributed by atoms with Crippen LogP contribution in [0.25, 0.3) is 0 Å². The second kappa shape index (κ2) is 24.2. The van der Waals surface area contributed by atoms with Crippen LogP contribution in [0.3, 0.4) is 0 Å². The van der Waals surface area contributed by atoms with Crippen LogP contribution in [0.15, 0.2) is 159 Å². The molecule has 12 nitrogen and oxygen atoms in total. The third-order valence-corrected chi connectivity index (χ3v) is 20.3. The third-order valence-electron chi connectivity index (χ3n) is 13.9. The van der Waals surface area contributed by atoms with Gasteiger partial charge in [-0.15, -0.1) is 0 Å². The van der Waals surface area contributed by atoms with Crippen LogP contribution >= 0.6 is 185 Å². The average Bonchev–Trinajstić information content (AvgIpc) is 3.89. The fourth-order valence-corrected chi connectivity index (χ4v) is 14.7. The number of benzene rings is 6. The Morgan fingerprint density at radius 2 is 0.802 bits per heavy atom. The van der Waals surface area contributed by atoms with E-state index in [1.54, 1.807) is 81.7 Å². The quantitative estimate of drug-likeness (QED) is 0.133. The molecule has 3 atom stereocenters. The summed E-state index contributed by atoms with van der Waals surface area (Å²) in [4.78, 5) is 59.0. The summed E-state index contributed by atoms with van der Waals surface area (Å²) >= 11 is 54.0. The van der Waals surface area contributed by atoms with E-state index in [-0.39, 0.29) is 17.7 Å². The van der Waals surface area contributed by atoms with Gasteiger partial charge in [-0.1, -0.05) is 154 Å². The number of fused-ring (bicyclic) bond motifs is 3. The Balaban J connectivity index is 0.000000136. The van der Waals surface area contributed by atoms with Gasteiger partial charge in [0.15, 0.2) is 0 Å². The molecule has 0 bridgehead atoms. The summed E-state index contributed by atoms with van der Waals surface area (Å²) < 4.78 is 11.6. The van der Waals surface area contributed by atoms with Crippen molar-refractivity contribution in [1.82, 2.24) is 28.7 Å². The highest BCUT2D eigenvalue weighted by Gasteiger charge is 2.52. The lowest BCUT2D eigenvalue weighted by atomic mass is 9.92. The Morgan fingerprint density at radius 1 is 0.457 bits per heavy atom. The van der Waals surface area contributed by atoms with Crippen molar-refractivity contribution in [2.45, 2.75) is 56.7 Å². The molecule has 0 unspecified atom stereocenters. The van der Waals surface area contributed by atoms with Gasteiger partial charge in [-0.25, -0.2) is 29.7 Å². The maximum absolute atomic E-state index is 13.7. The van der Waals surface area contributed by atoms with Crippen molar-refractivity contribution in [1.29, 1.82) is 0 Å². The minimum atomic E-state index is -0.815. The molecule has 0 saturated carbocycles. The first-order chi connectivity index (χ1) is 38.4. The standard InChI is InChI=1S/C19H12BrCl2I2N3O.C19H13BrCl2IN3O.C19H14BrCl2N3O/c1-19(9-10-2-4-11(20)5-3-10)17(28)26(14-7-12(21)6-13(22)8-14)18-25-15(23)16(24)27(18)19;1-19(9-11-2-4-12(20)5-3-11)17(27)25(18-24-10-16(23)26(18)19)15-7-13(21)6-14(22)8-15;1-19(11-12-2-4-13(20)5-3-12)17(26)25(18-23-6-7-24(18)19)16-9-14(21)8-15(22)10-16/h2-8H,9H2,1H3;2-8,10H,9H2,1H3;2-10H,11H2,1H3/t3*19-/m111/s1. The number of rotatable bonds is 9. The molecular weight excluding hydrogens is 1690 g/mol. The number of carbonyl (C=O) groups excluding carboxylic acids is 3. The number of carbonyl (C=O) groups is 3. The molecule has 0 fully saturated rings. The maximum Gasteiger partial charge on any atom is 0.260 e. The molecule has 0 saturated heterocycles. The first kappa shape index (κ1) is 60.8. The summed E-state index contributed by atoms with van der Waals surface area (Å²) in [5.41, 5.74) is 2.63. The van der Waals surface area contributed by atoms with Crippen LogP contribution in [-0.4, -0.2) is 46.4 Å². The second-order valence-electron chi connectivity index (χ2n) is 19.7. The van der Waals surface area contributed by atoms with Crippen LogP contribution in [0.1, 0.15) is 37.5 Å². The van der Waals surface area contributed by atoms with Gasteiger partial charge in [0.25, 0.3) is 17.7 Å². The van der Waals surface area contributed by atoms with Gasteiger partial charge in [0.1, 0.15) is 27.7 Å². The number of hydrogen-bond donors (Lipinski definition) is 0. The summed E-state index contributed by atoms with van der Waals surface area (Å²) in [7, 11) is 0. The van der Waals surface area contributed by atoms with Crippen LogP contribution < -0.4 is 14.7 Å². The predicted molar refractivity (Wildman–Crippen MR) is 360 cm³/mol. The van der Waals surface area contributed by atoms with Crippen molar-refractivity contribution in [2.24, 2.45) is 0 Å². The Hall–Kier alpha value is -3.27. The van der Waals surface area contributed by atoms with Gasteiger partial charge in [-0.3, -0.25) is 23.5 Å². The molecule has 81 heavy (non-hydrogen) atoms. The summed E-state index contributed by atoms with van der Waals surface area (Å²) in [5, 5.41) is 2.83. The van der Waals surface area contributed by atoms with Crippen LogP contribution in [-0.2, 0) is 50.3 Å². The third kappa shape index (κ3) is 12.0. The van der Waals surface area contributed by atoms with E-state index in [1.807, 2.05) is 113 Å². The molecule has 6 aromatic carbocycles. The van der Waals surface area contributed by atoms with Crippen molar-refractivity contribution < 1.29 is 14.4 Å². The zero-order valence-electron chi connectivity index (χ0n) is 42.3. The van der Waals surface area contributed by atoms with Crippen molar-refractivity contribution in [3.05, 3.63) is 217 Å². The summed E-state index contributed by atoms with van der Waals surface area (Å²) in [6.07, 6.45) is 6.93. The lowest BCUT2D eigenvalue weighted by Crippen LogP contribution is -2.41. The van der Waals surface area contributed by atoms with Crippen molar-refractivity contribution >= 4 is 238 Å². The minimum Gasteiger partial charge on any atom is -0.301 e. The lowest BCUT2D eigenvalue weighted by Gasteiger charge is -2.26. The molecule has 3 aliphatic heterocycles. The molecule has 3 aromatic heterocycles. The normalized spacial score (nSPS) is 18.9. The van der Waals surface area contributed by atoms with Crippen LogP contribution in [0, 0.1) is 11.1 Å². The van der Waals surface area contributed by atoms with Gasteiger partial charge in [-0.2, -0.15) is 0 Å². The largest absolute Gasteiger partial charge is 0.301 e. The molecule has 3 amide bonds. The lowest BCUT2D eigenvalue weighted by molar-refractivity contribution is -0.124. The SMILES string of the molecule is C[C@@]1(Cc2ccc(Br)cc2)C(=O)N(c2cc(Cl)cc(Cl)c2)c2nc(I)c(I)n21.C[C@@]1(Cc2ccc(Br)cc2)C(=O)N(c2cc(Cl)cc(Cl)c2)c2ncc(I)n21.C[C@@]1(Cc2ccc(Br)cc2)C(=O)N(c2cc(Cl)cc(Cl)c2)c2nccn21. The zero-order chi connectivity index (χ0) is 58.0. The van der Waals surface area contributed by atoms with E-state index in [0.29, 0.717) is 84.3 Å². The number of aromatic nitrogens is 6. The van der Waals surface area contributed by atoms with Gasteiger partial charge in [0.2, 0.25) is 17.8 Å². The van der Waals surface area contributed by atoms with E-state index >= 15 is 0 Å². The number of imidazole rings is 3. The monoisotopic (exact) mass is 1720 g/mol. The highest BCUT2D eigenvalue weighted by atomic mass is 127. The van der Waals surface area contributed by atoms with E-state index in [1.165, 1.54) is 0 Å². The van der Waals surface area contributed by atoms with Crippen LogP contribution in [0.4, 0.5) is 34.9 Å². The van der Waals surface area contributed by atoms with Crippen LogP contribution in [0.5, 0.6) is 0 Å². The average molecular weight is 1730 g/mol. The Morgan fingerprint density at radius 3 is 1.21 bits per heavy atom. The minimum absolute atomic E-state index is 0.0643. The summed E-state index contributed by atoms with van der Waals surface area (Å²) in [6.45, 7) is 5.82. The van der Waals surface area contributed by atoms with E-state index in [0.717, 1.165) is 41.2 Å². The molecule has 414 valence electrons. The van der Waals surface area contributed by atoms with E-state index < -0.39 is 16.6 Å². The topological polar surface area (TPSA) is 114 Å². The molecule has 0 radical (unpaired) electrons. The van der Waals surface area contributed by atoms with Gasteiger partial charge < -0.3 is 4.57 Å². The number of anilines is 6. The predicted octanol–water partition coefficient (Wildman–Crippen LogP) is 18.6. The Labute approximate surface area is 562 Å². The molecule has 6 heterocycles.